The zero-order valence-electron chi connectivity index (χ0n) is 25.0. The number of hydrogen-bond donors (Lipinski definition) is 4. The molecule has 2 aromatic heterocycles. The van der Waals surface area contributed by atoms with Gasteiger partial charge in [-0.15, -0.1) is 0 Å². The van der Waals surface area contributed by atoms with Gasteiger partial charge in [-0.1, -0.05) is 6.92 Å². The van der Waals surface area contributed by atoms with Crippen molar-refractivity contribution in [1.29, 1.82) is 0 Å². The van der Waals surface area contributed by atoms with Crippen LogP contribution in [0.5, 0.6) is 11.9 Å². The summed E-state index contributed by atoms with van der Waals surface area (Å²) in [6.45, 7) is 2.72. The minimum Gasteiger partial charge on any atom is -0.481 e. The number of nitrogens with zero attached hydrogens (tertiary/aromatic N) is 3. The number of benzene rings is 1. The van der Waals surface area contributed by atoms with Crippen LogP contribution >= 0.6 is 0 Å². The Morgan fingerprint density at radius 3 is 2.43 bits per heavy atom. The molecule has 3 heterocycles. The lowest BCUT2D eigenvalue weighted by Gasteiger charge is -2.39. The first-order chi connectivity index (χ1) is 21.9. The predicted octanol–water partition coefficient (Wildman–Crippen LogP) is 6.01. The third-order valence-electron chi connectivity index (χ3n) is 8.17. The number of nitrogens with one attached hydrogen (secondary N) is 2. The maximum atomic E-state index is 16.6. The van der Waals surface area contributed by atoms with Crippen molar-refractivity contribution in [3.63, 3.8) is 0 Å². The number of carboxylic acids is 1. The van der Waals surface area contributed by atoms with Crippen LogP contribution in [0, 0.1) is 24.5 Å². The van der Waals surface area contributed by atoms with E-state index in [-0.39, 0.29) is 38.3 Å². The van der Waals surface area contributed by atoms with Crippen molar-refractivity contribution >= 4 is 28.4 Å². The summed E-state index contributed by atoms with van der Waals surface area (Å²) >= 11 is 0. The van der Waals surface area contributed by atoms with E-state index in [1.165, 1.54) is 6.92 Å². The molecule has 0 bridgehead atoms. The summed E-state index contributed by atoms with van der Waals surface area (Å²) in [6, 6.07) is -0.108. The molecule has 0 spiro atoms. The zero-order valence-corrected chi connectivity index (χ0v) is 25.0. The molecule has 1 unspecified atom stereocenters. The molecule has 0 saturated heterocycles. The van der Waals surface area contributed by atoms with Crippen LogP contribution in [-0.4, -0.2) is 63.5 Å². The van der Waals surface area contributed by atoms with Gasteiger partial charge in [0.05, 0.1) is 17.7 Å². The highest BCUT2D eigenvalue weighted by molar-refractivity contribution is 5.96. The van der Waals surface area contributed by atoms with Crippen LogP contribution in [0.4, 0.5) is 46.6 Å². The lowest BCUT2D eigenvalue weighted by molar-refractivity contribution is -0.199. The average molecular weight is 679 g/mol. The van der Waals surface area contributed by atoms with Crippen molar-refractivity contribution in [1.82, 2.24) is 20.3 Å². The maximum absolute atomic E-state index is 16.6. The average Bonchev–Trinajstić information content (AvgIpc) is 2.93. The number of nitrogen functional groups attached to an aromatic ring is 1. The molecule has 47 heavy (non-hydrogen) atoms. The number of aliphatic carboxylic acids is 1. The third-order valence-corrected chi connectivity index (χ3v) is 8.17. The molecular formula is C29H30F8N6O4. The summed E-state index contributed by atoms with van der Waals surface area (Å²) in [4.78, 5) is 23.6. The van der Waals surface area contributed by atoms with Gasteiger partial charge >= 0.3 is 24.3 Å². The van der Waals surface area contributed by atoms with E-state index in [0.29, 0.717) is 12.5 Å². The van der Waals surface area contributed by atoms with Gasteiger partial charge in [-0.3, -0.25) is 4.79 Å². The molecule has 1 fully saturated rings. The van der Waals surface area contributed by atoms with Crippen molar-refractivity contribution in [3.05, 3.63) is 28.8 Å². The quantitative estimate of drug-likeness (QED) is 0.187. The maximum Gasteiger partial charge on any atom is 0.425 e. The van der Waals surface area contributed by atoms with Crippen molar-refractivity contribution < 1.29 is 54.5 Å². The van der Waals surface area contributed by atoms with Crippen molar-refractivity contribution in [2.24, 2.45) is 5.92 Å². The second kappa shape index (κ2) is 12.4. The topological polar surface area (TPSA) is 145 Å². The lowest BCUT2D eigenvalue weighted by atomic mass is 9.77. The van der Waals surface area contributed by atoms with E-state index >= 15 is 4.39 Å². The fraction of sp³-hybridized carbons (Fsp3) is 0.517. The number of alkyl halides is 6. The van der Waals surface area contributed by atoms with Gasteiger partial charge < -0.3 is 30.9 Å². The van der Waals surface area contributed by atoms with Crippen LogP contribution in [0.2, 0.25) is 0 Å². The Morgan fingerprint density at radius 2 is 1.83 bits per heavy atom. The predicted molar refractivity (Wildman–Crippen MR) is 152 cm³/mol. The fourth-order valence-corrected chi connectivity index (χ4v) is 5.73. The highest BCUT2D eigenvalue weighted by atomic mass is 19.4. The molecular weight excluding hydrogens is 648 g/mol. The van der Waals surface area contributed by atoms with Crippen LogP contribution in [0.1, 0.15) is 50.2 Å². The number of nitrogens with two attached hydrogens (primary N) is 1. The molecule has 2 aliphatic rings. The van der Waals surface area contributed by atoms with E-state index in [1.54, 1.807) is 0 Å². The van der Waals surface area contributed by atoms with E-state index in [0.717, 1.165) is 6.92 Å². The second-order valence-electron chi connectivity index (χ2n) is 11.8. The summed E-state index contributed by atoms with van der Waals surface area (Å²) in [6.07, 6.45) is -12.8. The zero-order chi connectivity index (χ0) is 34.5. The number of carboxylic acid groups (broad SMARTS) is 1. The first-order valence-electron chi connectivity index (χ1n) is 14.6. The van der Waals surface area contributed by atoms with Crippen molar-refractivity contribution in [2.45, 2.75) is 70.0 Å². The highest BCUT2D eigenvalue weighted by Gasteiger charge is 2.45. The third kappa shape index (κ3) is 6.92. The van der Waals surface area contributed by atoms with Crippen LogP contribution in [0.25, 0.3) is 22.2 Å². The summed E-state index contributed by atoms with van der Waals surface area (Å²) in [5, 5.41) is 14.7. The van der Waals surface area contributed by atoms with E-state index < -0.39 is 111 Å². The first-order valence-corrected chi connectivity index (χ1v) is 14.6. The lowest BCUT2D eigenvalue weighted by Crippen LogP contribution is -2.45. The number of halogens is 8. The minimum absolute atomic E-state index is 0.0793. The van der Waals surface area contributed by atoms with Crippen LogP contribution in [0.15, 0.2) is 6.07 Å². The second-order valence-corrected chi connectivity index (χ2v) is 11.8. The molecule has 18 heteroatoms. The SMILES string of the molecule is Cc1c(F)c(N)cc(-c2nc3c4c(nc(OC5(CC(=O)O)CCC5)nc4c2F)NCCNCC(C)C[C@H](C(F)(F)F)O3)c1C(F)(F)F. The van der Waals surface area contributed by atoms with Gasteiger partial charge in [0.1, 0.15) is 33.8 Å². The van der Waals surface area contributed by atoms with Crippen molar-refractivity contribution in [2.75, 3.05) is 30.7 Å². The Kier molecular flexibility index (Phi) is 9.02. The Labute approximate surface area is 262 Å². The van der Waals surface area contributed by atoms with E-state index in [2.05, 4.69) is 25.6 Å². The van der Waals surface area contributed by atoms with Gasteiger partial charge in [0.15, 0.2) is 11.9 Å². The van der Waals surface area contributed by atoms with E-state index in [9.17, 15) is 40.6 Å². The standard InChI is InChI=1S/C29H30F8N6O4/c1-12-8-16(28(32,33)34)46-25-18-23(21(31)22(41-25)14-9-15(38)20(30)13(2)19(14)29(35,36)37)42-26(43-24(18)40-7-6-39-11-12)47-27(4-3-5-27)10-17(44)45/h9,12,16,39H,3-8,10-11,38H2,1-2H3,(H,44,45)(H,40,42,43)/t12?,16-/m1/s1. The van der Waals surface area contributed by atoms with Gasteiger partial charge in [-0.25, -0.2) is 13.8 Å². The number of aromatic nitrogens is 3. The van der Waals surface area contributed by atoms with E-state index in [4.69, 9.17) is 15.2 Å². The monoisotopic (exact) mass is 678 g/mol. The molecule has 3 aromatic rings. The largest absolute Gasteiger partial charge is 0.481 e. The highest BCUT2D eigenvalue weighted by Crippen LogP contribution is 2.46. The van der Waals surface area contributed by atoms with Gasteiger partial charge in [-0.05, 0) is 56.7 Å². The van der Waals surface area contributed by atoms with Gasteiger partial charge in [0.25, 0.3) is 0 Å². The molecule has 256 valence electrons. The van der Waals surface area contributed by atoms with Gasteiger partial charge in [0.2, 0.25) is 5.88 Å². The summed E-state index contributed by atoms with van der Waals surface area (Å²) in [7, 11) is 0. The first kappa shape index (κ1) is 34.1. The Morgan fingerprint density at radius 1 is 1.13 bits per heavy atom. The molecule has 2 atom stereocenters. The molecule has 1 aliphatic heterocycles. The van der Waals surface area contributed by atoms with Gasteiger partial charge in [0, 0.05) is 18.7 Å². The van der Waals surface area contributed by atoms with Gasteiger partial charge in [-0.2, -0.15) is 36.3 Å². The Balaban J connectivity index is 1.84. The van der Waals surface area contributed by atoms with Crippen LogP contribution in [-0.2, 0) is 11.0 Å². The van der Waals surface area contributed by atoms with Crippen LogP contribution < -0.4 is 25.8 Å². The summed E-state index contributed by atoms with van der Waals surface area (Å²) < 4.78 is 128. The fourth-order valence-electron chi connectivity index (χ4n) is 5.73. The summed E-state index contributed by atoms with van der Waals surface area (Å²) in [5.74, 6) is -6.08. The number of ether oxygens (including phenoxy) is 2. The molecule has 0 radical (unpaired) electrons. The summed E-state index contributed by atoms with van der Waals surface area (Å²) in [5.41, 5.74) is -2.21. The minimum atomic E-state index is -5.29. The number of pyridine rings is 1. The number of anilines is 2. The number of rotatable bonds is 5. The van der Waals surface area contributed by atoms with Crippen molar-refractivity contribution in [3.8, 4) is 23.1 Å². The normalized spacial score (nSPS) is 20.3. The molecule has 1 aliphatic carbocycles. The Bertz CT molecular complexity index is 1700. The molecule has 1 saturated carbocycles. The smallest absolute Gasteiger partial charge is 0.425 e. The number of hydrogen-bond acceptors (Lipinski definition) is 9. The molecule has 5 rings (SSSR count). The number of carbonyl (C=O) groups is 1. The Hall–Kier alpha value is -4.22. The molecule has 1 aromatic carbocycles. The molecule has 5 N–H and O–H groups in total. The van der Waals surface area contributed by atoms with E-state index in [1.807, 2.05) is 0 Å². The molecule has 0 amide bonds. The molecule has 10 nitrogen and oxygen atoms in total. The van der Waals surface area contributed by atoms with Crippen LogP contribution in [0.3, 0.4) is 0 Å².